The zero-order chi connectivity index (χ0) is 12.9. The Morgan fingerprint density at radius 1 is 0.895 bits per heavy atom. The average Bonchev–Trinajstić information content (AvgIpc) is 2.50. The summed E-state index contributed by atoms with van der Waals surface area (Å²) in [6.07, 6.45) is 7.84. The van der Waals surface area contributed by atoms with Gasteiger partial charge in [-0.15, -0.1) is 0 Å². The highest BCUT2D eigenvalue weighted by molar-refractivity contribution is 5.62. The molecular weight excluding hydrogens is 232 g/mol. The highest BCUT2D eigenvalue weighted by atomic mass is 15.1. The van der Waals surface area contributed by atoms with Crippen LogP contribution >= 0.6 is 0 Å². The first kappa shape index (κ1) is 12.4. The van der Waals surface area contributed by atoms with Gasteiger partial charge in [0.25, 0.3) is 0 Å². The van der Waals surface area contributed by atoms with Crippen LogP contribution < -0.4 is 0 Å². The molecule has 1 aliphatic rings. The van der Waals surface area contributed by atoms with Gasteiger partial charge in [0, 0.05) is 18.9 Å². The minimum Gasteiger partial charge on any atom is -0.299 e. The van der Waals surface area contributed by atoms with Crippen LogP contribution in [0.1, 0.15) is 24.8 Å². The zero-order valence-corrected chi connectivity index (χ0v) is 11.3. The van der Waals surface area contributed by atoms with E-state index in [-0.39, 0.29) is 0 Å². The summed E-state index contributed by atoms with van der Waals surface area (Å²) >= 11 is 0. The van der Waals surface area contributed by atoms with Crippen molar-refractivity contribution in [1.29, 1.82) is 0 Å². The molecule has 2 aromatic rings. The van der Waals surface area contributed by atoms with E-state index in [1.54, 1.807) is 0 Å². The number of aromatic nitrogens is 1. The van der Waals surface area contributed by atoms with Crippen LogP contribution in [-0.4, -0.2) is 23.0 Å². The van der Waals surface area contributed by atoms with Gasteiger partial charge in [-0.05, 0) is 48.7 Å². The molecular formula is C17H20N2. The minimum atomic E-state index is 1.09. The lowest BCUT2D eigenvalue weighted by Gasteiger charge is -2.26. The van der Waals surface area contributed by atoms with Crippen molar-refractivity contribution in [1.82, 2.24) is 9.88 Å². The van der Waals surface area contributed by atoms with Gasteiger partial charge < -0.3 is 0 Å². The van der Waals surface area contributed by atoms with Crippen LogP contribution in [0.4, 0.5) is 0 Å². The largest absolute Gasteiger partial charge is 0.299 e. The lowest BCUT2D eigenvalue weighted by atomic mass is 10.0. The quantitative estimate of drug-likeness (QED) is 0.827. The van der Waals surface area contributed by atoms with Gasteiger partial charge in [-0.2, -0.15) is 0 Å². The molecule has 0 bridgehead atoms. The van der Waals surface area contributed by atoms with Gasteiger partial charge >= 0.3 is 0 Å². The molecule has 0 saturated carbocycles. The molecule has 0 unspecified atom stereocenters. The van der Waals surface area contributed by atoms with Crippen molar-refractivity contribution in [3.05, 3.63) is 54.4 Å². The molecule has 0 aliphatic carbocycles. The fourth-order valence-corrected chi connectivity index (χ4v) is 2.71. The Morgan fingerprint density at radius 2 is 1.68 bits per heavy atom. The van der Waals surface area contributed by atoms with Crippen molar-refractivity contribution in [2.75, 3.05) is 13.1 Å². The molecule has 1 aliphatic heterocycles. The first-order chi connectivity index (χ1) is 9.42. The van der Waals surface area contributed by atoms with Crippen LogP contribution in [0.15, 0.2) is 48.8 Å². The third-order valence-corrected chi connectivity index (χ3v) is 3.80. The molecule has 2 heterocycles. The van der Waals surface area contributed by atoms with Crippen LogP contribution in [0, 0.1) is 0 Å². The minimum absolute atomic E-state index is 1.09. The first-order valence-corrected chi connectivity index (χ1v) is 7.13. The Labute approximate surface area is 115 Å². The highest BCUT2D eigenvalue weighted by Crippen LogP contribution is 2.19. The topological polar surface area (TPSA) is 16.1 Å². The Balaban J connectivity index is 1.68. The Kier molecular flexibility index (Phi) is 3.89. The third-order valence-electron chi connectivity index (χ3n) is 3.80. The zero-order valence-electron chi connectivity index (χ0n) is 11.3. The Morgan fingerprint density at radius 3 is 2.37 bits per heavy atom. The molecule has 0 atom stereocenters. The summed E-state index contributed by atoms with van der Waals surface area (Å²) in [6.45, 7) is 3.60. The van der Waals surface area contributed by atoms with Gasteiger partial charge in [0.1, 0.15) is 0 Å². The number of piperidine rings is 1. The van der Waals surface area contributed by atoms with E-state index in [9.17, 15) is 0 Å². The van der Waals surface area contributed by atoms with Gasteiger partial charge in [0.2, 0.25) is 0 Å². The van der Waals surface area contributed by atoms with E-state index in [0.29, 0.717) is 0 Å². The molecule has 3 rings (SSSR count). The number of rotatable bonds is 3. The molecule has 0 radical (unpaired) electrons. The van der Waals surface area contributed by atoms with E-state index in [4.69, 9.17) is 0 Å². The SMILES string of the molecule is c1cncc(-c2ccc(CN3CCCCC3)cc2)c1. The summed E-state index contributed by atoms with van der Waals surface area (Å²) in [5.74, 6) is 0. The van der Waals surface area contributed by atoms with Crippen molar-refractivity contribution in [3.8, 4) is 11.1 Å². The normalized spacial score (nSPS) is 16.4. The molecule has 2 nitrogen and oxygen atoms in total. The van der Waals surface area contributed by atoms with Crippen molar-refractivity contribution in [2.45, 2.75) is 25.8 Å². The fourth-order valence-electron chi connectivity index (χ4n) is 2.71. The molecule has 1 aromatic carbocycles. The van der Waals surface area contributed by atoms with Crippen LogP contribution in [-0.2, 0) is 6.54 Å². The van der Waals surface area contributed by atoms with E-state index in [1.165, 1.54) is 49.0 Å². The number of hydrogen-bond donors (Lipinski definition) is 0. The maximum Gasteiger partial charge on any atom is 0.0346 e. The monoisotopic (exact) mass is 252 g/mol. The number of benzene rings is 1. The number of pyridine rings is 1. The number of likely N-dealkylation sites (tertiary alicyclic amines) is 1. The second kappa shape index (κ2) is 5.98. The molecule has 0 amide bonds. The van der Waals surface area contributed by atoms with Crippen LogP contribution in [0.25, 0.3) is 11.1 Å². The van der Waals surface area contributed by atoms with Gasteiger partial charge in [-0.3, -0.25) is 9.88 Å². The van der Waals surface area contributed by atoms with E-state index in [0.717, 1.165) is 6.54 Å². The second-order valence-electron chi connectivity index (χ2n) is 5.28. The molecule has 1 fully saturated rings. The molecule has 0 spiro atoms. The lowest BCUT2D eigenvalue weighted by Crippen LogP contribution is -2.28. The maximum absolute atomic E-state index is 4.17. The predicted octanol–water partition coefficient (Wildman–Crippen LogP) is 3.73. The van der Waals surface area contributed by atoms with Crippen LogP contribution in [0.3, 0.4) is 0 Å². The van der Waals surface area contributed by atoms with Crippen molar-refractivity contribution >= 4 is 0 Å². The Bertz CT molecular complexity index is 499. The summed E-state index contributed by atoms with van der Waals surface area (Å²) in [6, 6.07) is 13.0. The lowest BCUT2D eigenvalue weighted by molar-refractivity contribution is 0.221. The molecule has 0 N–H and O–H groups in total. The van der Waals surface area contributed by atoms with Crippen LogP contribution in [0.5, 0.6) is 0 Å². The van der Waals surface area contributed by atoms with Crippen LogP contribution in [0.2, 0.25) is 0 Å². The molecule has 1 saturated heterocycles. The van der Waals surface area contributed by atoms with Gasteiger partial charge in [-0.25, -0.2) is 0 Å². The van der Waals surface area contributed by atoms with Gasteiger partial charge in [0.15, 0.2) is 0 Å². The summed E-state index contributed by atoms with van der Waals surface area (Å²) in [4.78, 5) is 6.73. The average molecular weight is 252 g/mol. The first-order valence-electron chi connectivity index (χ1n) is 7.13. The smallest absolute Gasteiger partial charge is 0.0346 e. The third kappa shape index (κ3) is 3.21. The van der Waals surface area contributed by atoms with Crippen molar-refractivity contribution in [2.24, 2.45) is 0 Å². The molecule has 98 valence electrons. The predicted molar refractivity (Wildman–Crippen MR) is 78.8 cm³/mol. The van der Waals surface area contributed by atoms with E-state index < -0.39 is 0 Å². The summed E-state index contributed by atoms with van der Waals surface area (Å²) in [7, 11) is 0. The summed E-state index contributed by atoms with van der Waals surface area (Å²) in [5, 5.41) is 0. The highest BCUT2D eigenvalue weighted by Gasteiger charge is 2.10. The summed E-state index contributed by atoms with van der Waals surface area (Å²) in [5.41, 5.74) is 3.84. The van der Waals surface area contributed by atoms with E-state index in [2.05, 4.69) is 40.2 Å². The molecule has 2 heteroatoms. The fraction of sp³-hybridized carbons (Fsp3) is 0.353. The van der Waals surface area contributed by atoms with E-state index in [1.807, 2.05) is 18.5 Å². The number of hydrogen-bond acceptors (Lipinski definition) is 2. The standard InChI is InChI=1S/C17H20N2/c1-2-11-19(12-3-1)14-15-6-8-16(9-7-15)17-5-4-10-18-13-17/h4-10,13H,1-3,11-12,14H2. The van der Waals surface area contributed by atoms with Gasteiger partial charge in [-0.1, -0.05) is 36.8 Å². The van der Waals surface area contributed by atoms with Crippen molar-refractivity contribution in [3.63, 3.8) is 0 Å². The summed E-state index contributed by atoms with van der Waals surface area (Å²) < 4.78 is 0. The molecule has 1 aromatic heterocycles. The van der Waals surface area contributed by atoms with Gasteiger partial charge in [0.05, 0.1) is 0 Å². The van der Waals surface area contributed by atoms with E-state index >= 15 is 0 Å². The van der Waals surface area contributed by atoms with Crippen molar-refractivity contribution < 1.29 is 0 Å². The maximum atomic E-state index is 4.17. The second-order valence-corrected chi connectivity index (χ2v) is 5.28. The Hall–Kier alpha value is -1.67. The number of nitrogens with zero attached hydrogens (tertiary/aromatic N) is 2. The molecule has 19 heavy (non-hydrogen) atoms.